The molecule has 0 atom stereocenters. The summed E-state index contributed by atoms with van der Waals surface area (Å²) in [5.41, 5.74) is 1.12. The highest BCUT2D eigenvalue weighted by atomic mass is 19.1. The first-order chi connectivity index (χ1) is 9.81. The summed E-state index contributed by atoms with van der Waals surface area (Å²) < 4.78 is 23.9. The average molecular weight is 275 g/mol. The molecule has 0 saturated carbocycles. The normalized spacial score (nSPS) is 13.1. The van der Waals surface area contributed by atoms with Crippen LogP contribution in [0.2, 0.25) is 0 Å². The maximum absolute atomic E-state index is 12.9. The summed E-state index contributed by atoms with van der Waals surface area (Å²) >= 11 is 0. The number of anilines is 1. The van der Waals surface area contributed by atoms with Gasteiger partial charge in [0.2, 0.25) is 5.95 Å². The quantitative estimate of drug-likeness (QED) is 0.865. The molecule has 2 aromatic rings. The van der Waals surface area contributed by atoms with Gasteiger partial charge in [0, 0.05) is 12.6 Å². The molecule has 3 rings (SSSR count). The Labute approximate surface area is 115 Å². The minimum atomic E-state index is -0.540. The van der Waals surface area contributed by atoms with Crippen molar-refractivity contribution in [3.05, 3.63) is 42.1 Å². The second-order valence-electron chi connectivity index (χ2n) is 4.38. The van der Waals surface area contributed by atoms with Crippen molar-refractivity contribution in [2.45, 2.75) is 6.42 Å². The lowest BCUT2D eigenvalue weighted by Gasteiger charge is -2.18. The molecule has 20 heavy (non-hydrogen) atoms. The van der Waals surface area contributed by atoms with Gasteiger partial charge in [0.15, 0.2) is 11.5 Å². The lowest BCUT2D eigenvalue weighted by molar-refractivity contribution is 0.171. The van der Waals surface area contributed by atoms with Crippen molar-refractivity contribution in [2.75, 3.05) is 25.1 Å². The Bertz CT molecular complexity index is 607. The largest absolute Gasteiger partial charge is 0.486 e. The number of rotatable bonds is 4. The van der Waals surface area contributed by atoms with E-state index in [1.54, 1.807) is 0 Å². The van der Waals surface area contributed by atoms with Crippen LogP contribution in [0.3, 0.4) is 0 Å². The van der Waals surface area contributed by atoms with E-state index >= 15 is 0 Å². The Balaban J connectivity index is 1.58. The predicted octanol–water partition coefficient (Wildman–Crippen LogP) is 2.04. The molecule has 104 valence electrons. The zero-order valence-electron chi connectivity index (χ0n) is 10.8. The van der Waals surface area contributed by atoms with E-state index in [2.05, 4.69) is 15.3 Å². The van der Waals surface area contributed by atoms with E-state index in [9.17, 15) is 4.39 Å². The van der Waals surface area contributed by atoms with E-state index in [0.29, 0.717) is 25.6 Å². The summed E-state index contributed by atoms with van der Waals surface area (Å²) in [4.78, 5) is 7.34. The number of nitrogens with one attached hydrogen (secondary N) is 1. The Morgan fingerprint density at radius 2 is 1.95 bits per heavy atom. The Kier molecular flexibility index (Phi) is 3.62. The third kappa shape index (κ3) is 2.96. The van der Waals surface area contributed by atoms with E-state index in [1.165, 1.54) is 12.4 Å². The highest BCUT2D eigenvalue weighted by Crippen LogP contribution is 2.30. The van der Waals surface area contributed by atoms with E-state index < -0.39 is 5.95 Å². The lowest BCUT2D eigenvalue weighted by atomic mass is 10.1. The SMILES string of the molecule is Fc1cc(NCCc2ccc3c(c2)OCCO3)ncn1. The molecule has 1 N–H and O–H groups in total. The zero-order chi connectivity index (χ0) is 13.8. The fourth-order valence-corrected chi connectivity index (χ4v) is 2.01. The van der Waals surface area contributed by atoms with Gasteiger partial charge in [-0.3, -0.25) is 0 Å². The van der Waals surface area contributed by atoms with E-state index in [-0.39, 0.29) is 0 Å². The first kappa shape index (κ1) is 12.7. The Morgan fingerprint density at radius 3 is 2.80 bits per heavy atom. The maximum Gasteiger partial charge on any atom is 0.217 e. The first-order valence-electron chi connectivity index (χ1n) is 6.41. The molecule has 1 aromatic heterocycles. The van der Waals surface area contributed by atoms with Crippen LogP contribution in [0.25, 0.3) is 0 Å². The maximum atomic E-state index is 12.9. The number of hydrogen-bond acceptors (Lipinski definition) is 5. The number of halogens is 1. The van der Waals surface area contributed by atoms with Gasteiger partial charge < -0.3 is 14.8 Å². The molecule has 0 fully saturated rings. The number of ether oxygens (including phenoxy) is 2. The van der Waals surface area contributed by atoms with Crippen molar-refractivity contribution in [1.29, 1.82) is 0 Å². The minimum Gasteiger partial charge on any atom is -0.486 e. The van der Waals surface area contributed by atoms with E-state index in [1.807, 2.05) is 18.2 Å². The van der Waals surface area contributed by atoms with Crippen molar-refractivity contribution >= 4 is 5.82 Å². The minimum absolute atomic E-state index is 0.482. The van der Waals surface area contributed by atoms with Gasteiger partial charge in [-0.25, -0.2) is 9.97 Å². The van der Waals surface area contributed by atoms with Gasteiger partial charge in [-0.15, -0.1) is 0 Å². The highest BCUT2D eigenvalue weighted by Gasteiger charge is 2.11. The average Bonchev–Trinajstić information content (AvgIpc) is 2.47. The zero-order valence-corrected chi connectivity index (χ0v) is 10.8. The van der Waals surface area contributed by atoms with Gasteiger partial charge in [-0.1, -0.05) is 6.07 Å². The summed E-state index contributed by atoms with van der Waals surface area (Å²) in [5, 5.41) is 3.05. The number of aromatic nitrogens is 2. The molecule has 6 heteroatoms. The molecule has 0 saturated heterocycles. The summed E-state index contributed by atoms with van der Waals surface area (Å²) in [5.74, 6) is 1.50. The molecule has 1 aromatic carbocycles. The summed E-state index contributed by atoms with van der Waals surface area (Å²) in [7, 11) is 0. The van der Waals surface area contributed by atoms with Crippen LogP contribution in [0.1, 0.15) is 5.56 Å². The number of hydrogen-bond donors (Lipinski definition) is 1. The van der Waals surface area contributed by atoms with Gasteiger partial charge in [0.05, 0.1) is 0 Å². The van der Waals surface area contributed by atoms with Crippen LogP contribution in [0.4, 0.5) is 10.2 Å². The molecular weight excluding hydrogens is 261 g/mol. The third-order valence-corrected chi connectivity index (χ3v) is 2.96. The van der Waals surface area contributed by atoms with Gasteiger partial charge in [0.1, 0.15) is 25.4 Å². The topological polar surface area (TPSA) is 56.3 Å². The van der Waals surface area contributed by atoms with Crippen LogP contribution in [0.15, 0.2) is 30.6 Å². The van der Waals surface area contributed by atoms with Crippen molar-refractivity contribution < 1.29 is 13.9 Å². The van der Waals surface area contributed by atoms with Crippen molar-refractivity contribution in [3.8, 4) is 11.5 Å². The summed E-state index contributed by atoms with van der Waals surface area (Å²) in [6, 6.07) is 7.14. The molecule has 0 unspecified atom stereocenters. The molecule has 0 amide bonds. The summed E-state index contributed by atoms with van der Waals surface area (Å²) in [6.07, 6.45) is 1.98. The molecule has 2 heterocycles. The highest BCUT2D eigenvalue weighted by molar-refractivity contribution is 5.44. The summed E-state index contributed by atoms with van der Waals surface area (Å²) in [6.45, 7) is 1.82. The smallest absolute Gasteiger partial charge is 0.217 e. The van der Waals surface area contributed by atoms with Crippen molar-refractivity contribution in [3.63, 3.8) is 0 Å². The van der Waals surface area contributed by atoms with Crippen LogP contribution >= 0.6 is 0 Å². The second-order valence-corrected chi connectivity index (χ2v) is 4.38. The van der Waals surface area contributed by atoms with Crippen LogP contribution in [-0.4, -0.2) is 29.7 Å². The lowest BCUT2D eigenvalue weighted by Crippen LogP contribution is -2.15. The second kappa shape index (κ2) is 5.73. The van der Waals surface area contributed by atoms with E-state index in [0.717, 1.165) is 23.5 Å². The Morgan fingerprint density at radius 1 is 1.10 bits per heavy atom. The fraction of sp³-hybridized carbons (Fsp3) is 0.286. The van der Waals surface area contributed by atoms with Crippen molar-refractivity contribution in [1.82, 2.24) is 9.97 Å². The van der Waals surface area contributed by atoms with Crippen LogP contribution in [0, 0.1) is 5.95 Å². The molecule has 1 aliphatic rings. The number of benzene rings is 1. The molecule has 0 spiro atoms. The molecule has 0 bridgehead atoms. The molecule has 1 aliphatic heterocycles. The standard InChI is InChI=1S/C14H14FN3O2/c15-13-8-14(18-9-17-13)16-4-3-10-1-2-11-12(7-10)20-6-5-19-11/h1-2,7-9H,3-6H2,(H,16,17,18). The van der Waals surface area contributed by atoms with Gasteiger partial charge in [-0.05, 0) is 24.1 Å². The van der Waals surface area contributed by atoms with Crippen LogP contribution < -0.4 is 14.8 Å². The van der Waals surface area contributed by atoms with Crippen LogP contribution in [-0.2, 0) is 6.42 Å². The number of fused-ring (bicyclic) bond motifs is 1. The molecule has 5 nitrogen and oxygen atoms in total. The molecular formula is C14H14FN3O2. The first-order valence-corrected chi connectivity index (χ1v) is 6.41. The van der Waals surface area contributed by atoms with Crippen LogP contribution in [0.5, 0.6) is 11.5 Å². The van der Waals surface area contributed by atoms with Gasteiger partial charge >= 0.3 is 0 Å². The monoisotopic (exact) mass is 275 g/mol. The van der Waals surface area contributed by atoms with E-state index in [4.69, 9.17) is 9.47 Å². The Hall–Kier alpha value is -2.37. The molecule has 0 aliphatic carbocycles. The predicted molar refractivity (Wildman–Crippen MR) is 71.6 cm³/mol. The van der Waals surface area contributed by atoms with Crippen molar-refractivity contribution in [2.24, 2.45) is 0 Å². The molecule has 0 radical (unpaired) electrons. The fourth-order valence-electron chi connectivity index (χ4n) is 2.01. The van der Waals surface area contributed by atoms with Gasteiger partial charge in [-0.2, -0.15) is 4.39 Å². The van der Waals surface area contributed by atoms with Gasteiger partial charge in [0.25, 0.3) is 0 Å². The number of nitrogens with zero attached hydrogens (tertiary/aromatic N) is 2. The third-order valence-electron chi connectivity index (χ3n) is 2.96.